The molecule has 1 aliphatic rings. The summed E-state index contributed by atoms with van der Waals surface area (Å²) in [5.41, 5.74) is 0. The van der Waals surface area contributed by atoms with Crippen LogP contribution in [-0.2, 0) is 10.0 Å². The molecule has 0 unspecified atom stereocenters. The first-order valence-corrected chi connectivity index (χ1v) is 7.76. The zero-order valence-electron chi connectivity index (χ0n) is 9.23. The summed E-state index contributed by atoms with van der Waals surface area (Å²) in [6.45, 7) is 0.560. The fourth-order valence-electron chi connectivity index (χ4n) is 1.69. The van der Waals surface area contributed by atoms with Crippen molar-refractivity contribution < 1.29 is 13.2 Å². The third kappa shape index (κ3) is 3.20. The van der Waals surface area contributed by atoms with Crippen molar-refractivity contribution in [3.05, 3.63) is 22.7 Å². The zero-order valence-corrected chi connectivity index (χ0v) is 11.6. The van der Waals surface area contributed by atoms with E-state index in [0.29, 0.717) is 22.7 Å². The van der Waals surface area contributed by atoms with Crippen LogP contribution in [0.4, 0.5) is 0 Å². The first-order valence-electron chi connectivity index (χ1n) is 5.42. The van der Waals surface area contributed by atoms with E-state index in [2.05, 4.69) is 15.9 Å². The van der Waals surface area contributed by atoms with Gasteiger partial charge in [0.2, 0.25) is 10.0 Å². The molecule has 0 bridgehead atoms. The summed E-state index contributed by atoms with van der Waals surface area (Å²) >= 11 is 3.22. The molecule has 0 radical (unpaired) electrons. The lowest BCUT2D eigenvalue weighted by molar-refractivity contribution is 0.177. The summed E-state index contributed by atoms with van der Waals surface area (Å²) in [6, 6.07) is 4.83. The smallest absolute Gasteiger partial charge is 0.241 e. The summed E-state index contributed by atoms with van der Waals surface area (Å²) in [5.74, 6) is 0.884. The van der Waals surface area contributed by atoms with Gasteiger partial charge in [0.25, 0.3) is 0 Å². The normalized spacial score (nSPS) is 16.6. The fourth-order valence-corrected chi connectivity index (χ4v) is 2.90. The van der Waals surface area contributed by atoms with Gasteiger partial charge in [0, 0.05) is 4.47 Å². The summed E-state index contributed by atoms with van der Waals surface area (Å²) in [7, 11) is -3.75. The zero-order chi connectivity index (χ0) is 12.5. The highest BCUT2D eigenvalue weighted by Crippen LogP contribution is 2.30. The van der Waals surface area contributed by atoms with Gasteiger partial charge in [-0.3, -0.25) is 0 Å². The van der Waals surface area contributed by atoms with Crippen LogP contribution in [0, 0.1) is 5.92 Å². The van der Waals surface area contributed by atoms with Gasteiger partial charge in [0.15, 0.2) is 0 Å². The molecule has 2 N–H and O–H groups in total. The van der Waals surface area contributed by atoms with E-state index in [-0.39, 0.29) is 4.90 Å². The molecule has 1 aromatic carbocycles. The molecule has 17 heavy (non-hydrogen) atoms. The number of sulfonamides is 1. The van der Waals surface area contributed by atoms with Gasteiger partial charge in [-0.25, -0.2) is 13.6 Å². The van der Waals surface area contributed by atoms with Crippen molar-refractivity contribution in [3.8, 4) is 5.75 Å². The number of hydrogen-bond acceptors (Lipinski definition) is 3. The van der Waals surface area contributed by atoms with Crippen LogP contribution in [0.25, 0.3) is 0 Å². The van der Waals surface area contributed by atoms with E-state index >= 15 is 0 Å². The van der Waals surface area contributed by atoms with Crippen LogP contribution in [0.3, 0.4) is 0 Å². The molecular weight excluding hydrogens is 306 g/mol. The van der Waals surface area contributed by atoms with E-state index in [1.165, 1.54) is 12.5 Å². The summed E-state index contributed by atoms with van der Waals surface area (Å²) in [5, 5.41) is 5.15. The largest absolute Gasteiger partial charge is 0.492 e. The highest BCUT2D eigenvalue weighted by Gasteiger charge is 2.20. The Morgan fingerprint density at radius 3 is 2.65 bits per heavy atom. The van der Waals surface area contributed by atoms with Crippen LogP contribution in [0.15, 0.2) is 27.6 Å². The molecule has 2 rings (SSSR count). The number of benzene rings is 1. The van der Waals surface area contributed by atoms with Crippen LogP contribution >= 0.6 is 15.9 Å². The van der Waals surface area contributed by atoms with Gasteiger partial charge in [-0.2, -0.15) is 0 Å². The Balaban J connectivity index is 2.19. The lowest BCUT2D eigenvalue weighted by atomic mass is 9.86. The second-order valence-corrected chi connectivity index (χ2v) is 6.69. The molecule has 1 saturated carbocycles. The predicted molar refractivity (Wildman–Crippen MR) is 68.4 cm³/mol. The molecule has 94 valence electrons. The minimum atomic E-state index is -3.75. The van der Waals surface area contributed by atoms with Gasteiger partial charge in [0.05, 0.1) is 6.61 Å². The van der Waals surface area contributed by atoms with E-state index in [1.807, 2.05) is 0 Å². The standard InChI is InChI=1S/C11H14BrNO3S/c12-9-4-5-10(11(6-9)17(13,14)15)16-7-8-2-1-3-8/h4-6,8H,1-3,7H2,(H2,13,14,15). The number of primary sulfonamides is 1. The molecule has 0 aliphatic heterocycles. The van der Waals surface area contributed by atoms with Gasteiger partial charge in [-0.05, 0) is 37.0 Å². The number of hydrogen-bond donors (Lipinski definition) is 1. The Morgan fingerprint density at radius 1 is 1.41 bits per heavy atom. The minimum Gasteiger partial charge on any atom is -0.492 e. The van der Waals surface area contributed by atoms with Gasteiger partial charge in [0.1, 0.15) is 10.6 Å². The van der Waals surface area contributed by atoms with Crippen molar-refractivity contribution in [2.24, 2.45) is 11.1 Å². The van der Waals surface area contributed by atoms with Crippen LogP contribution in [0.5, 0.6) is 5.75 Å². The molecule has 0 saturated heterocycles. The first-order chi connectivity index (χ1) is 7.97. The SMILES string of the molecule is NS(=O)(=O)c1cc(Br)ccc1OCC1CCC1. The first kappa shape index (κ1) is 12.9. The lowest BCUT2D eigenvalue weighted by Crippen LogP contribution is -2.21. The highest BCUT2D eigenvalue weighted by atomic mass is 79.9. The lowest BCUT2D eigenvalue weighted by Gasteiger charge is -2.25. The van der Waals surface area contributed by atoms with E-state index in [4.69, 9.17) is 9.88 Å². The van der Waals surface area contributed by atoms with Crippen molar-refractivity contribution in [1.82, 2.24) is 0 Å². The van der Waals surface area contributed by atoms with Gasteiger partial charge < -0.3 is 4.74 Å². The molecule has 0 aromatic heterocycles. The van der Waals surface area contributed by atoms with Crippen LogP contribution in [-0.4, -0.2) is 15.0 Å². The second kappa shape index (κ2) is 4.96. The Kier molecular flexibility index (Phi) is 3.75. The van der Waals surface area contributed by atoms with E-state index < -0.39 is 10.0 Å². The number of ether oxygens (including phenoxy) is 1. The summed E-state index contributed by atoms with van der Waals surface area (Å²) < 4.78 is 29.0. The highest BCUT2D eigenvalue weighted by molar-refractivity contribution is 9.10. The van der Waals surface area contributed by atoms with E-state index in [0.717, 1.165) is 12.8 Å². The number of halogens is 1. The summed E-state index contributed by atoms with van der Waals surface area (Å²) in [6.07, 6.45) is 3.54. The van der Waals surface area contributed by atoms with Crippen molar-refractivity contribution in [2.75, 3.05) is 6.61 Å². The molecule has 1 fully saturated rings. The van der Waals surface area contributed by atoms with Crippen LogP contribution < -0.4 is 9.88 Å². The topological polar surface area (TPSA) is 69.4 Å². The molecule has 0 amide bonds. The molecule has 0 atom stereocenters. The Bertz CT molecular complexity index is 511. The van der Waals surface area contributed by atoms with E-state index in [9.17, 15) is 8.42 Å². The Morgan fingerprint density at radius 2 is 2.12 bits per heavy atom. The molecule has 1 aliphatic carbocycles. The van der Waals surface area contributed by atoms with Crippen molar-refractivity contribution in [1.29, 1.82) is 0 Å². The Hall–Kier alpha value is -0.590. The minimum absolute atomic E-state index is 0.0335. The molecule has 4 nitrogen and oxygen atoms in total. The second-order valence-electron chi connectivity index (χ2n) is 4.24. The number of nitrogens with two attached hydrogens (primary N) is 1. The maximum Gasteiger partial charge on any atom is 0.241 e. The molecule has 0 spiro atoms. The Labute approximate surface area is 109 Å². The molecule has 1 aromatic rings. The third-order valence-corrected chi connectivity index (χ3v) is 4.34. The van der Waals surface area contributed by atoms with Crippen molar-refractivity contribution in [2.45, 2.75) is 24.2 Å². The van der Waals surface area contributed by atoms with Crippen LogP contribution in [0.1, 0.15) is 19.3 Å². The average Bonchev–Trinajstić information content (AvgIpc) is 2.16. The number of rotatable bonds is 4. The van der Waals surface area contributed by atoms with Crippen molar-refractivity contribution in [3.63, 3.8) is 0 Å². The summed E-state index contributed by atoms with van der Waals surface area (Å²) in [4.78, 5) is 0.0335. The maximum atomic E-state index is 11.4. The van der Waals surface area contributed by atoms with Crippen LogP contribution in [0.2, 0.25) is 0 Å². The molecule has 6 heteroatoms. The molecular formula is C11H14BrNO3S. The van der Waals surface area contributed by atoms with E-state index in [1.54, 1.807) is 12.1 Å². The monoisotopic (exact) mass is 319 g/mol. The van der Waals surface area contributed by atoms with Gasteiger partial charge >= 0.3 is 0 Å². The van der Waals surface area contributed by atoms with Gasteiger partial charge in [-0.1, -0.05) is 22.4 Å². The van der Waals surface area contributed by atoms with Crippen molar-refractivity contribution >= 4 is 26.0 Å². The molecule has 0 heterocycles. The third-order valence-electron chi connectivity index (χ3n) is 2.91. The van der Waals surface area contributed by atoms with Gasteiger partial charge in [-0.15, -0.1) is 0 Å². The fraction of sp³-hybridized carbons (Fsp3) is 0.455. The quantitative estimate of drug-likeness (QED) is 0.925. The average molecular weight is 320 g/mol. The maximum absolute atomic E-state index is 11.4. The predicted octanol–water partition coefficient (Wildman–Crippen LogP) is 2.28.